The number of likely N-dealkylation sites (N-methyl/N-ethyl adjacent to an activating group) is 1. The summed E-state index contributed by atoms with van der Waals surface area (Å²) in [6.45, 7) is 7.86. The molecule has 0 spiro atoms. The summed E-state index contributed by atoms with van der Waals surface area (Å²) in [7, 11) is 0. The van der Waals surface area contributed by atoms with Gasteiger partial charge in [-0.3, -0.25) is 0 Å². The first-order valence-corrected chi connectivity index (χ1v) is 6.61. The summed E-state index contributed by atoms with van der Waals surface area (Å²) in [5, 5.41) is 3.41. The van der Waals surface area contributed by atoms with Gasteiger partial charge in [0.2, 0.25) is 0 Å². The highest BCUT2D eigenvalue weighted by molar-refractivity contribution is 5.27. The molecule has 1 aromatic carbocycles. The molecule has 1 rings (SSSR count). The highest BCUT2D eigenvalue weighted by Crippen LogP contribution is 2.13. The fourth-order valence-electron chi connectivity index (χ4n) is 1.84. The molecular weight excluding hydrogens is 222 g/mol. The highest BCUT2D eigenvalue weighted by Gasteiger charge is 2.01. The van der Waals surface area contributed by atoms with E-state index < -0.39 is 0 Å². The Morgan fingerprint density at radius 3 is 2.61 bits per heavy atom. The van der Waals surface area contributed by atoms with Gasteiger partial charge in [0.25, 0.3) is 0 Å². The fourth-order valence-corrected chi connectivity index (χ4v) is 1.84. The molecule has 0 fully saturated rings. The molecule has 0 aliphatic rings. The Hall–Kier alpha value is -1.46. The molecule has 98 valence electrons. The zero-order valence-corrected chi connectivity index (χ0v) is 11.6. The Morgan fingerprint density at radius 1 is 1.28 bits per heavy atom. The van der Waals surface area contributed by atoms with E-state index in [9.17, 15) is 0 Å². The molecule has 0 aliphatic heterocycles. The second-order valence-corrected chi connectivity index (χ2v) is 4.33. The van der Waals surface area contributed by atoms with Crippen molar-refractivity contribution in [2.75, 3.05) is 13.2 Å². The Balaban J connectivity index is 2.39. The first-order valence-electron chi connectivity index (χ1n) is 6.61. The largest absolute Gasteiger partial charge is 0.493 e. The summed E-state index contributed by atoms with van der Waals surface area (Å²) in [5.74, 6) is 6.77. The number of hydrogen-bond acceptors (Lipinski definition) is 2. The number of benzene rings is 1. The van der Waals surface area contributed by atoms with Crippen molar-refractivity contribution in [2.45, 2.75) is 39.7 Å². The van der Waals surface area contributed by atoms with Gasteiger partial charge >= 0.3 is 0 Å². The van der Waals surface area contributed by atoms with Crippen molar-refractivity contribution in [1.82, 2.24) is 5.32 Å². The van der Waals surface area contributed by atoms with Crippen molar-refractivity contribution in [3.8, 4) is 17.6 Å². The lowest BCUT2D eigenvalue weighted by Crippen LogP contribution is -2.27. The van der Waals surface area contributed by atoms with E-state index in [1.54, 1.807) is 0 Å². The zero-order valence-electron chi connectivity index (χ0n) is 11.6. The van der Waals surface area contributed by atoms with Crippen LogP contribution in [-0.2, 0) is 6.42 Å². The van der Waals surface area contributed by atoms with Gasteiger partial charge in [-0.05, 0) is 44.5 Å². The third kappa shape index (κ3) is 5.75. The van der Waals surface area contributed by atoms with Crippen LogP contribution in [-0.4, -0.2) is 19.2 Å². The Morgan fingerprint density at radius 2 is 2.00 bits per heavy atom. The van der Waals surface area contributed by atoms with Gasteiger partial charge in [-0.2, -0.15) is 0 Å². The van der Waals surface area contributed by atoms with Crippen LogP contribution in [0.15, 0.2) is 24.3 Å². The molecule has 0 saturated carbocycles. The topological polar surface area (TPSA) is 21.3 Å². The van der Waals surface area contributed by atoms with E-state index in [1.807, 2.05) is 19.1 Å². The third-order valence-corrected chi connectivity index (χ3v) is 2.69. The van der Waals surface area contributed by atoms with Gasteiger partial charge in [0.1, 0.15) is 5.75 Å². The van der Waals surface area contributed by atoms with Crippen LogP contribution in [0.2, 0.25) is 0 Å². The molecule has 0 aromatic heterocycles. The van der Waals surface area contributed by atoms with E-state index >= 15 is 0 Å². The average Bonchev–Trinajstić information content (AvgIpc) is 2.37. The van der Waals surface area contributed by atoms with Gasteiger partial charge in [-0.25, -0.2) is 0 Å². The molecule has 0 bridgehead atoms. The molecule has 1 unspecified atom stereocenters. The van der Waals surface area contributed by atoms with Gasteiger partial charge in [-0.15, -0.1) is 11.8 Å². The van der Waals surface area contributed by atoms with Crippen LogP contribution < -0.4 is 10.1 Å². The van der Waals surface area contributed by atoms with Crippen LogP contribution in [0.25, 0.3) is 0 Å². The number of nitrogens with one attached hydrogen (secondary N) is 1. The van der Waals surface area contributed by atoms with Crippen molar-refractivity contribution in [3.05, 3.63) is 29.8 Å². The lowest BCUT2D eigenvalue weighted by Gasteiger charge is -2.12. The van der Waals surface area contributed by atoms with Crippen LogP contribution in [0.3, 0.4) is 0 Å². The third-order valence-electron chi connectivity index (χ3n) is 2.69. The minimum Gasteiger partial charge on any atom is -0.493 e. The van der Waals surface area contributed by atoms with Crippen molar-refractivity contribution in [2.24, 2.45) is 0 Å². The molecule has 18 heavy (non-hydrogen) atoms. The smallest absolute Gasteiger partial charge is 0.119 e. The molecule has 1 aromatic rings. The van der Waals surface area contributed by atoms with E-state index in [4.69, 9.17) is 4.74 Å². The minimum atomic E-state index is 0.515. The average molecular weight is 245 g/mol. The molecule has 2 heteroatoms. The van der Waals surface area contributed by atoms with E-state index in [0.717, 1.165) is 25.1 Å². The molecular formula is C16H23NO. The number of rotatable bonds is 7. The summed E-state index contributed by atoms with van der Waals surface area (Å²) in [6.07, 6.45) is 1.84. The molecule has 2 nitrogen and oxygen atoms in total. The van der Waals surface area contributed by atoms with Crippen molar-refractivity contribution < 1.29 is 4.74 Å². The second-order valence-electron chi connectivity index (χ2n) is 4.33. The van der Waals surface area contributed by atoms with E-state index in [-0.39, 0.29) is 0 Å². The summed E-state index contributed by atoms with van der Waals surface area (Å²) in [5.41, 5.74) is 1.34. The maximum Gasteiger partial charge on any atom is 0.119 e. The van der Waals surface area contributed by atoms with Gasteiger partial charge in [0, 0.05) is 12.5 Å². The van der Waals surface area contributed by atoms with Crippen LogP contribution >= 0.6 is 0 Å². The second kappa shape index (κ2) is 8.60. The summed E-state index contributed by atoms with van der Waals surface area (Å²) >= 11 is 0. The van der Waals surface area contributed by atoms with Crippen LogP contribution in [0.5, 0.6) is 5.75 Å². The van der Waals surface area contributed by atoms with E-state index in [2.05, 4.69) is 43.1 Å². The summed E-state index contributed by atoms with van der Waals surface area (Å²) in [6, 6.07) is 8.85. The number of ether oxygens (including phenoxy) is 1. The molecule has 0 heterocycles. The maximum absolute atomic E-state index is 5.60. The summed E-state index contributed by atoms with van der Waals surface area (Å²) in [4.78, 5) is 0. The van der Waals surface area contributed by atoms with Crippen LogP contribution in [0.4, 0.5) is 0 Å². The standard InChI is InChI=1S/C16H23NO/c1-4-6-7-12-18-16-10-8-15(9-11-16)13-14(3)17-5-2/h8-11,14,17H,5,7,12-13H2,1-3H3. The van der Waals surface area contributed by atoms with Crippen molar-refractivity contribution >= 4 is 0 Å². The van der Waals surface area contributed by atoms with Gasteiger partial charge in [-0.1, -0.05) is 19.1 Å². The molecule has 1 N–H and O–H groups in total. The molecule has 0 radical (unpaired) electrons. The zero-order chi connectivity index (χ0) is 13.2. The Kier molecular flexibility index (Phi) is 6.98. The summed E-state index contributed by atoms with van der Waals surface area (Å²) < 4.78 is 5.60. The first-order chi connectivity index (χ1) is 8.76. The molecule has 0 saturated heterocycles. The van der Waals surface area contributed by atoms with Crippen LogP contribution in [0.1, 0.15) is 32.8 Å². The fraction of sp³-hybridized carbons (Fsp3) is 0.500. The Bertz CT molecular complexity index is 386. The van der Waals surface area contributed by atoms with Gasteiger partial charge in [0.05, 0.1) is 6.61 Å². The first kappa shape index (κ1) is 14.6. The van der Waals surface area contributed by atoms with E-state index in [0.29, 0.717) is 12.6 Å². The highest BCUT2D eigenvalue weighted by atomic mass is 16.5. The lowest BCUT2D eigenvalue weighted by molar-refractivity contribution is 0.327. The quantitative estimate of drug-likeness (QED) is 0.589. The normalized spacial score (nSPS) is 11.5. The lowest BCUT2D eigenvalue weighted by atomic mass is 10.1. The number of hydrogen-bond donors (Lipinski definition) is 1. The van der Waals surface area contributed by atoms with E-state index in [1.165, 1.54) is 5.56 Å². The van der Waals surface area contributed by atoms with Crippen LogP contribution in [0, 0.1) is 11.8 Å². The Labute approximate surface area is 111 Å². The minimum absolute atomic E-state index is 0.515. The van der Waals surface area contributed by atoms with Crippen molar-refractivity contribution in [1.29, 1.82) is 0 Å². The molecule has 0 amide bonds. The van der Waals surface area contributed by atoms with Gasteiger partial charge in [0.15, 0.2) is 0 Å². The van der Waals surface area contributed by atoms with Gasteiger partial charge < -0.3 is 10.1 Å². The van der Waals surface area contributed by atoms with Crippen molar-refractivity contribution in [3.63, 3.8) is 0 Å². The predicted molar refractivity (Wildman–Crippen MR) is 76.8 cm³/mol. The molecule has 0 aliphatic carbocycles. The molecule has 1 atom stereocenters. The predicted octanol–water partition coefficient (Wildman–Crippen LogP) is 3.02. The SMILES string of the molecule is CC#CCCOc1ccc(CC(C)NCC)cc1. The monoisotopic (exact) mass is 245 g/mol. The maximum atomic E-state index is 5.60.